The second-order valence-electron chi connectivity index (χ2n) is 14.1. The Balaban J connectivity index is 1.09. The molecular weight excluding hydrogens is 716 g/mol. The van der Waals surface area contributed by atoms with Crippen LogP contribution >= 0.6 is 35.1 Å². The molecule has 270 valence electrons. The molecule has 0 atom stereocenters. The van der Waals surface area contributed by atoms with Crippen molar-refractivity contribution in [1.82, 2.24) is 29.1 Å². The molecule has 0 amide bonds. The molecule has 0 radical (unpaired) electrons. The molecule has 3 fully saturated rings. The molecule has 6 aromatic rings. The van der Waals surface area contributed by atoms with Crippen LogP contribution in [0, 0.1) is 12.8 Å². The predicted molar refractivity (Wildman–Crippen MR) is 207 cm³/mol. The summed E-state index contributed by atoms with van der Waals surface area (Å²) in [5, 5.41) is 32.7. The number of fused-ring (bicyclic) bond motifs is 2. The molecule has 0 aliphatic heterocycles. The van der Waals surface area contributed by atoms with Crippen molar-refractivity contribution < 1.29 is 19.7 Å². The molecule has 4 heterocycles. The fourth-order valence-corrected chi connectivity index (χ4v) is 10.4. The zero-order chi connectivity index (χ0) is 36.3. The van der Waals surface area contributed by atoms with Gasteiger partial charge < -0.3 is 19.5 Å². The number of ether oxygens (including phenoxy) is 1. The van der Waals surface area contributed by atoms with Gasteiger partial charge in [-0.2, -0.15) is 10.2 Å². The number of aromatic hydroxyl groups is 1. The lowest BCUT2D eigenvalue weighted by molar-refractivity contribution is -0.0993. The molecule has 3 saturated carbocycles. The maximum Gasteiger partial charge on any atom is 0.354 e. The largest absolute Gasteiger partial charge is 0.506 e. The molecule has 52 heavy (non-hydrogen) atoms. The zero-order valence-corrected chi connectivity index (χ0v) is 32.0. The number of pyridine rings is 1. The van der Waals surface area contributed by atoms with E-state index in [2.05, 4.69) is 28.7 Å². The first kappa shape index (κ1) is 35.1. The van der Waals surface area contributed by atoms with Crippen LogP contribution in [0.15, 0.2) is 53.6 Å². The van der Waals surface area contributed by atoms with Gasteiger partial charge in [0.25, 0.3) is 0 Å². The van der Waals surface area contributed by atoms with Gasteiger partial charge in [0.1, 0.15) is 17.0 Å². The van der Waals surface area contributed by atoms with Crippen LogP contribution in [0.1, 0.15) is 64.5 Å². The van der Waals surface area contributed by atoms with Gasteiger partial charge in [-0.05, 0) is 80.8 Å². The molecule has 2 aromatic carbocycles. The van der Waals surface area contributed by atoms with E-state index in [1.807, 2.05) is 59.4 Å². The van der Waals surface area contributed by atoms with Crippen LogP contribution in [0.25, 0.3) is 32.9 Å². The van der Waals surface area contributed by atoms with Crippen LogP contribution in [0.5, 0.6) is 5.75 Å². The van der Waals surface area contributed by atoms with Crippen LogP contribution in [0.3, 0.4) is 0 Å². The zero-order valence-electron chi connectivity index (χ0n) is 29.6. The van der Waals surface area contributed by atoms with E-state index < -0.39 is 5.97 Å². The first-order valence-corrected chi connectivity index (χ1v) is 20.0. The second-order valence-corrected chi connectivity index (χ2v) is 16.5. The molecule has 3 aliphatic carbocycles. The number of thioether (sulfide) groups is 2. The first-order chi connectivity index (χ1) is 25.1. The highest BCUT2D eigenvalue weighted by molar-refractivity contribution is 7.98. The van der Waals surface area contributed by atoms with E-state index in [4.69, 9.17) is 26.5 Å². The summed E-state index contributed by atoms with van der Waals surface area (Å²) in [4.78, 5) is 18.4. The molecule has 4 aromatic heterocycles. The number of hydrogen-bond donors (Lipinski definition) is 2. The molecule has 0 saturated heterocycles. The summed E-state index contributed by atoms with van der Waals surface area (Å²) in [6.07, 6.45) is 6.21. The molecule has 0 unspecified atom stereocenters. The Morgan fingerprint density at radius 1 is 1.08 bits per heavy atom. The topological polar surface area (TPSA) is 120 Å². The third kappa shape index (κ3) is 5.88. The Morgan fingerprint density at radius 2 is 1.88 bits per heavy atom. The van der Waals surface area contributed by atoms with Gasteiger partial charge in [-0.25, -0.2) is 4.79 Å². The minimum Gasteiger partial charge on any atom is -0.506 e. The Morgan fingerprint density at radius 3 is 2.62 bits per heavy atom. The fourth-order valence-electron chi connectivity index (χ4n) is 8.24. The lowest BCUT2D eigenvalue weighted by atomic mass is 9.50. The van der Waals surface area contributed by atoms with E-state index >= 15 is 0 Å². The minimum absolute atomic E-state index is 0.0251. The summed E-state index contributed by atoms with van der Waals surface area (Å²) in [6, 6.07) is 13.7. The van der Waals surface area contributed by atoms with Crippen LogP contribution in [-0.4, -0.2) is 59.0 Å². The molecule has 2 bridgehead atoms. The molecule has 3 aliphatic rings. The highest BCUT2D eigenvalue weighted by atomic mass is 35.5. The summed E-state index contributed by atoms with van der Waals surface area (Å²) in [5.41, 5.74) is 8.93. The van der Waals surface area contributed by atoms with Gasteiger partial charge in [-0.15, -0.1) is 23.5 Å². The lowest BCUT2D eigenvalue weighted by Gasteiger charge is -2.61. The van der Waals surface area contributed by atoms with Gasteiger partial charge in [0.05, 0.1) is 40.3 Å². The Hall–Kier alpha value is -3.97. The maximum atomic E-state index is 13.1. The van der Waals surface area contributed by atoms with Crippen LogP contribution in [0.2, 0.25) is 5.02 Å². The number of rotatable bonds is 13. The van der Waals surface area contributed by atoms with Crippen LogP contribution in [-0.2, 0) is 48.1 Å². The SMILES string of the molecule is COC(=O)c1c(CCCO)c2ccc(Cl)c(-c3c(C)nn(C45CC(C4)C5)c3CSCc3cc(CSc4cc(O)c5ncccc5c4)n(C)n3)c2n1C. The summed E-state index contributed by atoms with van der Waals surface area (Å²) in [5.74, 6) is 2.71. The van der Waals surface area contributed by atoms with Gasteiger partial charge in [0, 0.05) is 76.6 Å². The third-order valence-corrected chi connectivity index (χ3v) is 13.1. The van der Waals surface area contributed by atoms with E-state index in [1.165, 1.54) is 7.11 Å². The average molecular weight is 757 g/mol. The number of hydrogen-bond acceptors (Lipinski definition) is 9. The number of carbonyl (C=O) groups excluding carboxylic acids is 1. The highest BCUT2D eigenvalue weighted by Gasteiger charge is 2.59. The van der Waals surface area contributed by atoms with Gasteiger partial charge in [0.2, 0.25) is 0 Å². The quantitative estimate of drug-likeness (QED) is 0.0894. The van der Waals surface area contributed by atoms with E-state index in [-0.39, 0.29) is 17.9 Å². The van der Waals surface area contributed by atoms with Crippen molar-refractivity contribution in [3.8, 4) is 16.9 Å². The van der Waals surface area contributed by atoms with Gasteiger partial charge >= 0.3 is 5.97 Å². The first-order valence-electron chi connectivity index (χ1n) is 17.5. The molecular formula is C39H41ClN6O4S2. The third-order valence-electron chi connectivity index (χ3n) is 10.8. The smallest absolute Gasteiger partial charge is 0.354 e. The maximum absolute atomic E-state index is 13.1. The van der Waals surface area contributed by atoms with Crippen molar-refractivity contribution in [3.05, 3.63) is 87.7 Å². The fraction of sp³-hybridized carbons (Fsp3) is 0.385. The number of carbonyl (C=O) groups is 1. The van der Waals surface area contributed by atoms with Gasteiger partial charge in [-0.1, -0.05) is 23.7 Å². The number of aromatic nitrogens is 6. The van der Waals surface area contributed by atoms with Crippen molar-refractivity contribution in [2.45, 2.75) is 66.7 Å². The number of methoxy groups -OCH3 is 1. The van der Waals surface area contributed by atoms with Crippen molar-refractivity contribution >= 4 is 62.9 Å². The van der Waals surface area contributed by atoms with Crippen molar-refractivity contribution in [1.29, 1.82) is 0 Å². The Bertz CT molecular complexity index is 2350. The van der Waals surface area contributed by atoms with Crippen molar-refractivity contribution in [3.63, 3.8) is 0 Å². The molecule has 10 nitrogen and oxygen atoms in total. The Labute approximate surface area is 315 Å². The Kier molecular flexibility index (Phi) is 9.30. The number of nitrogens with zero attached hydrogens (tertiary/aromatic N) is 6. The van der Waals surface area contributed by atoms with Crippen molar-refractivity contribution in [2.75, 3.05) is 13.7 Å². The van der Waals surface area contributed by atoms with Crippen molar-refractivity contribution in [2.24, 2.45) is 20.0 Å². The minimum atomic E-state index is -0.411. The van der Waals surface area contributed by atoms with E-state index in [9.17, 15) is 15.0 Å². The van der Waals surface area contributed by atoms with Gasteiger partial charge in [0.15, 0.2) is 0 Å². The second kappa shape index (κ2) is 13.8. The van der Waals surface area contributed by atoms with E-state index in [0.29, 0.717) is 40.6 Å². The van der Waals surface area contributed by atoms with Gasteiger partial charge in [-0.3, -0.25) is 14.3 Å². The molecule has 9 rings (SSSR count). The standard InChI is InChI=1S/C39H41ClN6O4S2/c1-22-33(34-30(40)10-9-29-28(8-6-12-47)37(38(49)50-4)44(2)36(29)34)31(46(42-22)39-16-23(17-39)18-39)21-51-19-25-14-26(45(3)43-25)20-52-27-13-24-7-5-11-41-35(24)32(48)15-27/h5,7,9-11,13-15,23,47-48H,6,8,12,16-21H2,1-4H3. The predicted octanol–water partition coefficient (Wildman–Crippen LogP) is 7.94. The number of aryl methyl sites for hydroxylation is 4. The number of halogens is 1. The molecule has 2 N–H and O–H groups in total. The van der Waals surface area contributed by atoms with Crippen LogP contribution < -0.4 is 0 Å². The monoisotopic (exact) mass is 756 g/mol. The number of phenolic OH excluding ortho intramolecular Hbond substituents is 1. The number of benzene rings is 2. The van der Waals surface area contributed by atoms with Crippen LogP contribution in [0.4, 0.5) is 0 Å². The number of phenols is 1. The van der Waals surface area contributed by atoms with E-state index in [1.54, 1.807) is 24.0 Å². The number of aliphatic hydroxyl groups is 1. The lowest BCUT2D eigenvalue weighted by Crippen LogP contribution is -2.60. The number of aliphatic hydroxyl groups excluding tert-OH is 1. The summed E-state index contributed by atoms with van der Waals surface area (Å²) >= 11 is 10.6. The molecule has 0 spiro atoms. The summed E-state index contributed by atoms with van der Waals surface area (Å²) in [6.45, 7) is 2.09. The average Bonchev–Trinajstić information content (AvgIpc) is 3.70. The normalized spacial score (nSPS) is 17.8. The van der Waals surface area contributed by atoms with E-state index in [0.717, 1.165) is 91.6 Å². The summed E-state index contributed by atoms with van der Waals surface area (Å²) < 4.78 is 11.4. The number of esters is 1. The molecule has 13 heteroatoms. The highest BCUT2D eigenvalue weighted by Crippen LogP contribution is 2.63. The summed E-state index contributed by atoms with van der Waals surface area (Å²) in [7, 11) is 5.27.